The standard InChI is InChI=1S/C16H23NO2/c1-11-4-5-15-13(8-11)9-14(19-15)10-17-16(3)6-7-18-12(16)2/h4-5,8,12,14,17H,6-7,9-10H2,1-3H3. The number of ether oxygens (including phenoxy) is 2. The van der Waals surface area contributed by atoms with E-state index in [1.54, 1.807) is 0 Å². The molecule has 1 fully saturated rings. The lowest BCUT2D eigenvalue weighted by molar-refractivity contribution is 0.0839. The monoisotopic (exact) mass is 261 g/mol. The van der Waals surface area contributed by atoms with Crippen molar-refractivity contribution in [3.8, 4) is 5.75 Å². The Hall–Kier alpha value is -1.06. The van der Waals surface area contributed by atoms with Gasteiger partial charge in [0.2, 0.25) is 0 Å². The molecule has 0 saturated carbocycles. The van der Waals surface area contributed by atoms with Crippen molar-refractivity contribution in [1.82, 2.24) is 5.32 Å². The number of fused-ring (bicyclic) bond motifs is 1. The van der Waals surface area contributed by atoms with E-state index in [-0.39, 0.29) is 17.7 Å². The fraction of sp³-hybridized carbons (Fsp3) is 0.625. The van der Waals surface area contributed by atoms with Gasteiger partial charge in [0.05, 0.1) is 6.10 Å². The summed E-state index contributed by atoms with van der Waals surface area (Å²) in [4.78, 5) is 0. The van der Waals surface area contributed by atoms with Crippen LogP contribution in [0, 0.1) is 6.92 Å². The molecular weight excluding hydrogens is 238 g/mol. The van der Waals surface area contributed by atoms with Gasteiger partial charge in [-0.05, 0) is 38.8 Å². The van der Waals surface area contributed by atoms with Gasteiger partial charge in [-0.15, -0.1) is 0 Å². The highest BCUT2D eigenvalue weighted by Gasteiger charge is 2.37. The molecule has 3 heteroatoms. The van der Waals surface area contributed by atoms with E-state index >= 15 is 0 Å². The average molecular weight is 261 g/mol. The van der Waals surface area contributed by atoms with Crippen LogP contribution < -0.4 is 10.1 Å². The van der Waals surface area contributed by atoms with Gasteiger partial charge in [0.1, 0.15) is 11.9 Å². The zero-order valence-electron chi connectivity index (χ0n) is 12.0. The highest BCUT2D eigenvalue weighted by Crippen LogP contribution is 2.30. The molecule has 0 bridgehead atoms. The summed E-state index contributed by atoms with van der Waals surface area (Å²) in [6.07, 6.45) is 2.61. The van der Waals surface area contributed by atoms with E-state index in [9.17, 15) is 0 Å². The van der Waals surface area contributed by atoms with Crippen molar-refractivity contribution in [1.29, 1.82) is 0 Å². The molecule has 1 aromatic carbocycles. The van der Waals surface area contributed by atoms with Crippen LogP contribution >= 0.6 is 0 Å². The van der Waals surface area contributed by atoms with E-state index in [0.29, 0.717) is 0 Å². The summed E-state index contributed by atoms with van der Waals surface area (Å²) in [5.41, 5.74) is 2.74. The van der Waals surface area contributed by atoms with E-state index < -0.39 is 0 Å². The first-order valence-corrected chi connectivity index (χ1v) is 7.20. The van der Waals surface area contributed by atoms with E-state index in [0.717, 1.165) is 31.7 Å². The minimum absolute atomic E-state index is 0.0913. The molecule has 0 radical (unpaired) electrons. The molecule has 1 aromatic rings. The van der Waals surface area contributed by atoms with Gasteiger partial charge in [-0.1, -0.05) is 17.7 Å². The molecule has 2 aliphatic rings. The third kappa shape index (κ3) is 2.49. The van der Waals surface area contributed by atoms with E-state index in [1.165, 1.54) is 11.1 Å². The molecule has 0 amide bonds. The van der Waals surface area contributed by atoms with Crippen LogP contribution in [0.1, 0.15) is 31.4 Å². The fourth-order valence-corrected chi connectivity index (χ4v) is 2.98. The van der Waals surface area contributed by atoms with Crippen LogP contribution in [0.5, 0.6) is 5.75 Å². The second-order valence-electron chi connectivity index (χ2n) is 6.12. The topological polar surface area (TPSA) is 30.5 Å². The molecule has 3 nitrogen and oxygen atoms in total. The maximum Gasteiger partial charge on any atom is 0.123 e. The second-order valence-corrected chi connectivity index (χ2v) is 6.12. The minimum atomic E-state index is 0.0913. The normalized spacial score (nSPS) is 33.2. The van der Waals surface area contributed by atoms with Crippen LogP contribution in [0.2, 0.25) is 0 Å². The van der Waals surface area contributed by atoms with Crippen LogP contribution in [0.4, 0.5) is 0 Å². The average Bonchev–Trinajstić information content (AvgIpc) is 2.91. The van der Waals surface area contributed by atoms with Crippen molar-refractivity contribution >= 4 is 0 Å². The highest BCUT2D eigenvalue weighted by atomic mass is 16.5. The lowest BCUT2D eigenvalue weighted by Crippen LogP contribution is -2.50. The van der Waals surface area contributed by atoms with Crippen LogP contribution in [0.3, 0.4) is 0 Å². The molecule has 3 atom stereocenters. The van der Waals surface area contributed by atoms with E-state index in [1.807, 2.05) is 0 Å². The molecule has 2 aliphatic heterocycles. The molecule has 19 heavy (non-hydrogen) atoms. The Labute approximate surface area is 115 Å². The summed E-state index contributed by atoms with van der Waals surface area (Å²) in [6, 6.07) is 6.44. The first kappa shape index (κ1) is 12.9. The van der Waals surface area contributed by atoms with Crippen molar-refractivity contribution in [2.24, 2.45) is 0 Å². The molecule has 0 aliphatic carbocycles. The van der Waals surface area contributed by atoms with Crippen molar-refractivity contribution < 1.29 is 9.47 Å². The quantitative estimate of drug-likeness (QED) is 0.906. The van der Waals surface area contributed by atoms with Gasteiger partial charge in [0.25, 0.3) is 0 Å². The zero-order chi connectivity index (χ0) is 13.5. The van der Waals surface area contributed by atoms with E-state index in [4.69, 9.17) is 9.47 Å². The Kier molecular flexibility index (Phi) is 3.27. The summed E-state index contributed by atoms with van der Waals surface area (Å²) >= 11 is 0. The third-order valence-corrected chi connectivity index (χ3v) is 4.58. The lowest BCUT2D eigenvalue weighted by Gasteiger charge is -2.30. The maximum absolute atomic E-state index is 6.00. The first-order valence-electron chi connectivity index (χ1n) is 7.20. The number of rotatable bonds is 3. The zero-order valence-corrected chi connectivity index (χ0v) is 12.0. The molecule has 2 heterocycles. The fourth-order valence-electron chi connectivity index (χ4n) is 2.98. The smallest absolute Gasteiger partial charge is 0.123 e. The Balaban J connectivity index is 1.59. The first-order chi connectivity index (χ1) is 9.07. The summed E-state index contributed by atoms with van der Waals surface area (Å²) < 4.78 is 11.7. The van der Waals surface area contributed by atoms with Crippen LogP contribution in [0.25, 0.3) is 0 Å². The number of aryl methyl sites for hydroxylation is 1. The van der Waals surface area contributed by atoms with Crippen LogP contribution in [-0.4, -0.2) is 30.9 Å². The molecule has 1 saturated heterocycles. The van der Waals surface area contributed by atoms with Crippen molar-refractivity contribution in [2.45, 2.75) is 51.4 Å². The Morgan fingerprint density at radius 1 is 1.42 bits per heavy atom. The van der Waals surface area contributed by atoms with Crippen LogP contribution in [-0.2, 0) is 11.2 Å². The molecule has 3 rings (SSSR count). The number of nitrogens with one attached hydrogen (secondary N) is 1. The van der Waals surface area contributed by atoms with E-state index in [2.05, 4.69) is 44.3 Å². The Morgan fingerprint density at radius 3 is 3.00 bits per heavy atom. The predicted molar refractivity (Wildman–Crippen MR) is 75.7 cm³/mol. The minimum Gasteiger partial charge on any atom is -0.488 e. The molecular formula is C16H23NO2. The second kappa shape index (κ2) is 4.80. The summed E-state index contributed by atoms with van der Waals surface area (Å²) in [5, 5.41) is 3.65. The van der Waals surface area contributed by atoms with Gasteiger partial charge in [0.15, 0.2) is 0 Å². The predicted octanol–water partition coefficient (Wildman–Crippen LogP) is 2.46. The number of hydrogen-bond acceptors (Lipinski definition) is 3. The van der Waals surface area contributed by atoms with Crippen molar-refractivity contribution in [3.63, 3.8) is 0 Å². The summed E-state index contributed by atoms with van der Waals surface area (Å²) in [5.74, 6) is 1.05. The van der Waals surface area contributed by atoms with Gasteiger partial charge in [-0.2, -0.15) is 0 Å². The van der Waals surface area contributed by atoms with Gasteiger partial charge >= 0.3 is 0 Å². The Morgan fingerprint density at radius 2 is 2.26 bits per heavy atom. The van der Waals surface area contributed by atoms with Crippen molar-refractivity contribution in [3.05, 3.63) is 29.3 Å². The van der Waals surface area contributed by atoms with Gasteiger partial charge in [-0.3, -0.25) is 0 Å². The summed E-state index contributed by atoms with van der Waals surface area (Å²) in [6.45, 7) is 8.27. The molecule has 1 N–H and O–H groups in total. The van der Waals surface area contributed by atoms with Crippen LogP contribution in [0.15, 0.2) is 18.2 Å². The molecule has 3 unspecified atom stereocenters. The third-order valence-electron chi connectivity index (χ3n) is 4.58. The Bertz CT molecular complexity index is 474. The van der Waals surface area contributed by atoms with Gasteiger partial charge in [0, 0.05) is 25.1 Å². The number of hydrogen-bond donors (Lipinski definition) is 1. The molecule has 0 aromatic heterocycles. The SMILES string of the molecule is Cc1ccc2c(c1)CC(CNC1(C)CCOC1C)O2. The maximum atomic E-state index is 6.00. The summed E-state index contributed by atoms with van der Waals surface area (Å²) in [7, 11) is 0. The number of benzene rings is 1. The van der Waals surface area contributed by atoms with Crippen molar-refractivity contribution in [2.75, 3.05) is 13.2 Å². The lowest BCUT2D eigenvalue weighted by atomic mass is 9.94. The molecule has 0 spiro atoms. The largest absolute Gasteiger partial charge is 0.488 e. The van der Waals surface area contributed by atoms with Gasteiger partial charge in [-0.25, -0.2) is 0 Å². The van der Waals surface area contributed by atoms with Gasteiger partial charge < -0.3 is 14.8 Å². The highest BCUT2D eigenvalue weighted by molar-refractivity contribution is 5.40. The molecule has 104 valence electrons.